The lowest BCUT2D eigenvalue weighted by Crippen LogP contribution is -2.25. The molecule has 0 aromatic heterocycles. The Kier molecular flexibility index (Phi) is 17.4. The van der Waals surface area contributed by atoms with Crippen molar-refractivity contribution in [1.29, 1.82) is 0 Å². The van der Waals surface area contributed by atoms with Crippen molar-refractivity contribution in [3.8, 4) is 11.8 Å². The highest BCUT2D eigenvalue weighted by atomic mass is 33.1. The summed E-state index contributed by atoms with van der Waals surface area (Å²) in [5.74, 6) is 7.48. The second kappa shape index (κ2) is 17.8. The Labute approximate surface area is 148 Å². The van der Waals surface area contributed by atoms with Crippen LogP contribution in [0.3, 0.4) is 0 Å². The standard InChI is InChI=1S/C16H30N2O3S2/c1-4-5-6-9-18-16(19)21-12-8-7-11-20-14-23-22-13-10-17-15(2)3/h15,17H,4,7-14H2,1-3H3,(H,18,19). The fourth-order valence-electron chi connectivity index (χ4n) is 1.40. The molecule has 0 aromatic rings. The molecule has 0 unspecified atom stereocenters. The van der Waals surface area contributed by atoms with Crippen molar-refractivity contribution in [3.05, 3.63) is 0 Å². The lowest BCUT2D eigenvalue weighted by molar-refractivity contribution is 0.134. The minimum Gasteiger partial charge on any atom is -0.450 e. The van der Waals surface area contributed by atoms with Crippen LogP contribution >= 0.6 is 21.6 Å². The van der Waals surface area contributed by atoms with Gasteiger partial charge in [-0.25, -0.2) is 4.79 Å². The molecule has 0 saturated heterocycles. The number of carbonyl (C=O) groups is 1. The zero-order valence-corrected chi connectivity index (χ0v) is 16.1. The van der Waals surface area contributed by atoms with Crippen molar-refractivity contribution in [2.45, 2.75) is 46.1 Å². The van der Waals surface area contributed by atoms with Gasteiger partial charge in [0.1, 0.15) is 5.94 Å². The minimum atomic E-state index is -0.404. The van der Waals surface area contributed by atoms with Gasteiger partial charge in [0.05, 0.1) is 13.2 Å². The molecular formula is C16H30N2O3S2. The Morgan fingerprint density at radius 1 is 1.17 bits per heavy atom. The Balaban J connectivity index is 3.17. The van der Waals surface area contributed by atoms with E-state index in [0.29, 0.717) is 31.7 Å². The van der Waals surface area contributed by atoms with Crippen LogP contribution in [-0.2, 0) is 9.47 Å². The van der Waals surface area contributed by atoms with Crippen molar-refractivity contribution in [1.82, 2.24) is 10.6 Å². The quantitative estimate of drug-likeness (QED) is 0.227. The van der Waals surface area contributed by atoms with Crippen LogP contribution in [0.15, 0.2) is 0 Å². The summed E-state index contributed by atoms with van der Waals surface area (Å²) in [6.07, 6.45) is 2.09. The van der Waals surface area contributed by atoms with Gasteiger partial charge in [0.2, 0.25) is 0 Å². The van der Waals surface area contributed by atoms with E-state index in [2.05, 4.69) is 36.3 Å². The van der Waals surface area contributed by atoms with Gasteiger partial charge < -0.3 is 20.1 Å². The Bertz CT molecular complexity index is 344. The number of hydrogen-bond donors (Lipinski definition) is 2. The van der Waals surface area contributed by atoms with Crippen LogP contribution in [0, 0.1) is 11.8 Å². The zero-order chi connectivity index (χ0) is 17.2. The molecule has 0 radical (unpaired) electrons. The summed E-state index contributed by atoms with van der Waals surface area (Å²) >= 11 is 0. The van der Waals surface area contributed by atoms with Crippen LogP contribution in [0.25, 0.3) is 0 Å². The van der Waals surface area contributed by atoms with E-state index in [1.165, 1.54) is 0 Å². The molecule has 0 spiro atoms. The maximum absolute atomic E-state index is 11.3. The van der Waals surface area contributed by atoms with Gasteiger partial charge >= 0.3 is 6.09 Å². The second-order valence-corrected chi connectivity index (χ2v) is 7.51. The van der Waals surface area contributed by atoms with Crippen molar-refractivity contribution in [2.75, 3.05) is 38.0 Å². The van der Waals surface area contributed by atoms with Gasteiger partial charge in [0.15, 0.2) is 0 Å². The largest absolute Gasteiger partial charge is 0.450 e. The third-order valence-electron chi connectivity index (χ3n) is 2.49. The highest BCUT2D eigenvalue weighted by molar-refractivity contribution is 8.76. The average molecular weight is 363 g/mol. The molecule has 2 N–H and O–H groups in total. The van der Waals surface area contributed by atoms with E-state index in [0.717, 1.165) is 31.6 Å². The van der Waals surface area contributed by atoms with Gasteiger partial charge in [0.25, 0.3) is 0 Å². The summed E-state index contributed by atoms with van der Waals surface area (Å²) in [5.41, 5.74) is 0. The monoisotopic (exact) mass is 362 g/mol. The topological polar surface area (TPSA) is 59.6 Å². The molecule has 0 heterocycles. The molecule has 0 atom stereocenters. The van der Waals surface area contributed by atoms with Crippen molar-refractivity contribution in [3.63, 3.8) is 0 Å². The first-order valence-corrected chi connectivity index (χ1v) is 10.6. The maximum atomic E-state index is 11.3. The molecular weight excluding hydrogens is 332 g/mol. The van der Waals surface area contributed by atoms with E-state index >= 15 is 0 Å². The molecule has 7 heteroatoms. The molecule has 0 aliphatic rings. The van der Waals surface area contributed by atoms with Gasteiger partial charge in [-0.1, -0.05) is 48.3 Å². The van der Waals surface area contributed by atoms with Gasteiger partial charge in [-0.15, -0.1) is 5.92 Å². The Hall–Kier alpha value is -0.550. The fraction of sp³-hybridized carbons (Fsp3) is 0.812. The van der Waals surface area contributed by atoms with E-state index in [-0.39, 0.29) is 0 Å². The SMILES string of the molecule is CCC#CCNC(=O)OCCCCOCSSCCNC(C)C. The molecule has 0 rings (SSSR count). The predicted molar refractivity (Wildman–Crippen MR) is 101 cm³/mol. The number of alkyl carbamates (subject to hydrolysis) is 1. The Morgan fingerprint density at radius 2 is 1.96 bits per heavy atom. The Morgan fingerprint density at radius 3 is 2.70 bits per heavy atom. The molecule has 5 nitrogen and oxygen atoms in total. The van der Waals surface area contributed by atoms with Crippen molar-refractivity contribution < 1.29 is 14.3 Å². The van der Waals surface area contributed by atoms with E-state index in [9.17, 15) is 4.79 Å². The zero-order valence-electron chi connectivity index (χ0n) is 14.5. The third kappa shape index (κ3) is 19.4. The number of nitrogens with one attached hydrogen (secondary N) is 2. The summed E-state index contributed by atoms with van der Waals surface area (Å²) in [5, 5.41) is 5.95. The lowest BCUT2D eigenvalue weighted by Gasteiger charge is -2.07. The van der Waals surface area contributed by atoms with Crippen LogP contribution < -0.4 is 10.6 Å². The van der Waals surface area contributed by atoms with Gasteiger partial charge in [0, 0.05) is 31.4 Å². The maximum Gasteiger partial charge on any atom is 0.407 e. The van der Waals surface area contributed by atoms with E-state index in [1.54, 1.807) is 10.8 Å². The molecule has 0 fully saturated rings. The predicted octanol–water partition coefficient (Wildman–Crippen LogP) is 3.26. The normalized spacial score (nSPS) is 10.3. The van der Waals surface area contributed by atoms with Crippen LogP contribution in [0.1, 0.15) is 40.0 Å². The highest BCUT2D eigenvalue weighted by Gasteiger charge is 1.99. The van der Waals surface area contributed by atoms with E-state index in [1.807, 2.05) is 17.7 Å². The molecule has 134 valence electrons. The molecule has 0 aliphatic carbocycles. The van der Waals surface area contributed by atoms with Crippen LogP contribution in [0.2, 0.25) is 0 Å². The molecule has 23 heavy (non-hydrogen) atoms. The van der Waals surface area contributed by atoms with Gasteiger partial charge in [-0.2, -0.15) is 0 Å². The summed E-state index contributed by atoms with van der Waals surface area (Å²) in [6.45, 7) is 8.75. The number of amides is 1. The number of ether oxygens (including phenoxy) is 2. The van der Waals surface area contributed by atoms with Gasteiger partial charge in [-0.3, -0.25) is 0 Å². The summed E-state index contributed by atoms with van der Waals surface area (Å²) in [4.78, 5) is 11.3. The summed E-state index contributed by atoms with van der Waals surface area (Å²) < 4.78 is 10.5. The smallest absolute Gasteiger partial charge is 0.407 e. The second-order valence-electron chi connectivity index (χ2n) is 4.98. The lowest BCUT2D eigenvalue weighted by atomic mass is 10.3. The molecule has 0 saturated carbocycles. The number of carbonyl (C=O) groups excluding carboxylic acids is 1. The molecule has 0 aliphatic heterocycles. The molecule has 0 bridgehead atoms. The first-order valence-electron chi connectivity index (χ1n) is 8.08. The van der Waals surface area contributed by atoms with Crippen LogP contribution in [0.5, 0.6) is 0 Å². The minimum absolute atomic E-state index is 0.345. The van der Waals surface area contributed by atoms with Crippen LogP contribution in [0.4, 0.5) is 4.79 Å². The highest BCUT2D eigenvalue weighted by Crippen LogP contribution is 2.20. The summed E-state index contributed by atoms with van der Waals surface area (Å²) in [7, 11) is 3.55. The molecule has 0 aromatic carbocycles. The number of unbranched alkanes of at least 4 members (excludes halogenated alkanes) is 1. The summed E-state index contributed by atoms with van der Waals surface area (Å²) in [6, 6.07) is 0.547. The first-order chi connectivity index (χ1) is 11.2. The third-order valence-corrected chi connectivity index (χ3v) is 4.58. The number of rotatable bonds is 13. The van der Waals surface area contributed by atoms with Crippen LogP contribution in [-0.4, -0.2) is 50.1 Å². The number of hydrogen-bond acceptors (Lipinski definition) is 6. The first kappa shape index (κ1) is 22.4. The van der Waals surface area contributed by atoms with E-state index in [4.69, 9.17) is 9.47 Å². The molecule has 1 amide bonds. The van der Waals surface area contributed by atoms with Crippen molar-refractivity contribution in [2.24, 2.45) is 0 Å². The average Bonchev–Trinajstić information content (AvgIpc) is 2.52. The fourth-order valence-corrected chi connectivity index (χ4v) is 2.99. The van der Waals surface area contributed by atoms with Gasteiger partial charge in [-0.05, 0) is 12.8 Å². The van der Waals surface area contributed by atoms with E-state index < -0.39 is 6.09 Å². The van der Waals surface area contributed by atoms with Crippen molar-refractivity contribution >= 4 is 27.7 Å².